The van der Waals surface area contributed by atoms with E-state index in [0.717, 1.165) is 22.7 Å². The monoisotopic (exact) mass is 446 g/mol. The number of aromatic nitrogens is 3. The summed E-state index contributed by atoms with van der Waals surface area (Å²) < 4.78 is 12.3. The fourth-order valence-corrected chi connectivity index (χ4v) is 4.14. The fraction of sp³-hybridized carbons (Fsp3) is 0.125. The van der Waals surface area contributed by atoms with Crippen molar-refractivity contribution in [1.29, 1.82) is 0 Å². The molecule has 1 aromatic heterocycles. The summed E-state index contributed by atoms with van der Waals surface area (Å²) in [6.07, 6.45) is 1.63. The molecule has 7 nitrogen and oxygen atoms in total. The number of hydrogen-bond acceptors (Lipinski definition) is 6. The van der Waals surface area contributed by atoms with Crippen LogP contribution in [0, 0.1) is 0 Å². The third kappa shape index (κ3) is 4.92. The molecule has 0 aliphatic rings. The number of carbonyl (C=O) groups excluding carboxylic acids is 1. The Morgan fingerprint density at radius 1 is 0.906 bits per heavy atom. The first kappa shape index (κ1) is 21.5. The largest absolute Gasteiger partial charge is 0.497 e. The summed E-state index contributed by atoms with van der Waals surface area (Å²) in [5.41, 5.74) is 2.43. The number of carbonyl (C=O) groups is 1. The Labute approximate surface area is 190 Å². The van der Waals surface area contributed by atoms with Crippen LogP contribution in [0.25, 0.3) is 5.69 Å². The van der Waals surface area contributed by atoms with Gasteiger partial charge >= 0.3 is 0 Å². The zero-order valence-electron chi connectivity index (χ0n) is 17.6. The van der Waals surface area contributed by atoms with E-state index in [2.05, 4.69) is 15.5 Å². The molecular weight excluding hydrogens is 424 g/mol. The summed E-state index contributed by atoms with van der Waals surface area (Å²) in [5.74, 6) is 1.33. The number of methoxy groups -OCH3 is 2. The SMILES string of the molecule is COc1ccc(NC(=O)C(Sc2nncn2-c2ccc(OC)cc2)c2ccccc2)cc1. The molecule has 4 aromatic rings. The van der Waals surface area contributed by atoms with Gasteiger partial charge in [0.2, 0.25) is 5.91 Å². The lowest BCUT2D eigenvalue weighted by molar-refractivity contribution is -0.115. The number of rotatable bonds is 8. The zero-order valence-corrected chi connectivity index (χ0v) is 18.5. The minimum atomic E-state index is -0.528. The number of thioether (sulfide) groups is 1. The van der Waals surface area contributed by atoms with Crippen molar-refractivity contribution in [2.45, 2.75) is 10.4 Å². The predicted octanol–water partition coefficient (Wildman–Crippen LogP) is 4.76. The van der Waals surface area contributed by atoms with Crippen LogP contribution in [0.15, 0.2) is 90.3 Å². The van der Waals surface area contributed by atoms with Gasteiger partial charge in [-0.1, -0.05) is 42.1 Å². The van der Waals surface area contributed by atoms with Gasteiger partial charge in [-0.15, -0.1) is 10.2 Å². The van der Waals surface area contributed by atoms with Crippen LogP contribution in [0.5, 0.6) is 11.5 Å². The number of hydrogen-bond donors (Lipinski definition) is 1. The molecule has 4 rings (SSSR count). The lowest BCUT2D eigenvalue weighted by Crippen LogP contribution is -2.19. The predicted molar refractivity (Wildman–Crippen MR) is 125 cm³/mol. The van der Waals surface area contributed by atoms with Crippen LogP contribution >= 0.6 is 11.8 Å². The second-order valence-corrected chi connectivity index (χ2v) is 7.88. The highest BCUT2D eigenvalue weighted by Gasteiger charge is 2.25. The van der Waals surface area contributed by atoms with Gasteiger partial charge in [-0.2, -0.15) is 0 Å². The standard InChI is InChI=1S/C24H22N4O3S/c1-30-20-12-8-18(9-13-20)26-23(29)22(17-6-4-3-5-7-17)32-24-27-25-16-28(24)19-10-14-21(31-2)15-11-19/h3-16,22H,1-2H3,(H,26,29). The first-order chi connectivity index (χ1) is 15.7. The number of benzene rings is 3. The van der Waals surface area contributed by atoms with E-state index in [4.69, 9.17) is 9.47 Å². The minimum absolute atomic E-state index is 0.157. The molecule has 0 radical (unpaired) electrons. The van der Waals surface area contributed by atoms with Crippen molar-refractivity contribution < 1.29 is 14.3 Å². The highest BCUT2D eigenvalue weighted by atomic mass is 32.2. The lowest BCUT2D eigenvalue weighted by Gasteiger charge is -2.17. The van der Waals surface area contributed by atoms with Gasteiger partial charge < -0.3 is 14.8 Å². The second kappa shape index (κ2) is 10.0. The molecule has 0 aliphatic heterocycles. The van der Waals surface area contributed by atoms with E-state index < -0.39 is 5.25 Å². The quantitative estimate of drug-likeness (QED) is 0.393. The van der Waals surface area contributed by atoms with Gasteiger partial charge in [-0.3, -0.25) is 9.36 Å². The van der Waals surface area contributed by atoms with Crippen molar-refractivity contribution in [2.24, 2.45) is 0 Å². The highest BCUT2D eigenvalue weighted by Crippen LogP contribution is 2.36. The first-order valence-corrected chi connectivity index (χ1v) is 10.8. The third-order valence-electron chi connectivity index (χ3n) is 4.79. The molecule has 1 amide bonds. The van der Waals surface area contributed by atoms with Crippen molar-refractivity contribution in [2.75, 3.05) is 19.5 Å². The van der Waals surface area contributed by atoms with Gasteiger partial charge in [0.25, 0.3) is 0 Å². The van der Waals surface area contributed by atoms with Crippen molar-refractivity contribution in [3.05, 3.63) is 90.8 Å². The Hall–Kier alpha value is -3.78. The molecular formula is C24H22N4O3S. The van der Waals surface area contributed by atoms with Crippen LogP contribution in [0.3, 0.4) is 0 Å². The van der Waals surface area contributed by atoms with Gasteiger partial charge in [0.15, 0.2) is 5.16 Å². The number of amides is 1. The molecule has 0 saturated heterocycles. The molecule has 0 bridgehead atoms. The van der Waals surface area contributed by atoms with Gasteiger partial charge in [-0.25, -0.2) is 0 Å². The first-order valence-electron chi connectivity index (χ1n) is 9.89. The molecule has 1 heterocycles. The third-order valence-corrected chi connectivity index (χ3v) is 6.00. The molecule has 1 atom stereocenters. The van der Waals surface area contributed by atoms with E-state index in [1.807, 2.05) is 71.3 Å². The number of nitrogens with one attached hydrogen (secondary N) is 1. The van der Waals surface area contributed by atoms with Gasteiger partial charge in [-0.05, 0) is 54.1 Å². The van der Waals surface area contributed by atoms with Crippen LogP contribution in [0.4, 0.5) is 5.69 Å². The molecule has 1 unspecified atom stereocenters. The molecule has 0 spiro atoms. The van der Waals surface area contributed by atoms with Gasteiger partial charge in [0, 0.05) is 11.4 Å². The second-order valence-electron chi connectivity index (χ2n) is 6.81. The van der Waals surface area contributed by atoms with Crippen molar-refractivity contribution in [3.8, 4) is 17.2 Å². The summed E-state index contributed by atoms with van der Waals surface area (Å²) in [7, 11) is 3.23. The molecule has 0 saturated carbocycles. The van der Waals surface area contributed by atoms with Crippen LogP contribution in [-0.2, 0) is 4.79 Å². The average Bonchev–Trinajstić information content (AvgIpc) is 3.32. The summed E-state index contributed by atoms with van der Waals surface area (Å²) in [5, 5.41) is 11.4. The normalized spacial score (nSPS) is 11.6. The molecule has 162 valence electrons. The maximum Gasteiger partial charge on any atom is 0.242 e. The Morgan fingerprint density at radius 3 is 2.16 bits per heavy atom. The Bertz CT molecular complexity index is 1160. The van der Waals surface area contributed by atoms with Crippen LogP contribution in [-0.4, -0.2) is 34.9 Å². The summed E-state index contributed by atoms with van der Waals surface area (Å²) >= 11 is 1.34. The molecule has 3 aromatic carbocycles. The van der Waals surface area contributed by atoms with Crippen LogP contribution in [0.2, 0.25) is 0 Å². The zero-order chi connectivity index (χ0) is 22.3. The van der Waals surface area contributed by atoms with E-state index in [1.165, 1.54) is 11.8 Å². The fourth-order valence-electron chi connectivity index (χ4n) is 3.11. The summed E-state index contributed by atoms with van der Waals surface area (Å²) in [6.45, 7) is 0. The molecule has 0 aliphatic carbocycles. The maximum absolute atomic E-state index is 13.3. The molecule has 8 heteroatoms. The average molecular weight is 447 g/mol. The Morgan fingerprint density at radius 2 is 1.53 bits per heavy atom. The maximum atomic E-state index is 13.3. The highest BCUT2D eigenvalue weighted by molar-refractivity contribution is 8.00. The Balaban J connectivity index is 1.60. The lowest BCUT2D eigenvalue weighted by atomic mass is 10.1. The van der Waals surface area contributed by atoms with E-state index in [0.29, 0.717) is 10.8 Å². The minimum Gasteiger partial charge on any atom is -0.497 e. The van der Waals surface area contributed by atoms with Crippen molar-refractivity contribution in [1.82, 2.24) is 14.8 Å². The Kier molecular flexibility index (Phi) is 6.72. The van der Waals surface area contributed by atoms with Gasteiger partial charge in [0.05, 0.1) is 14.2 Å². The summed E-state index contributed by atoms with van der Waals surface area (Å²) in [6, 6.07) is 24.4. The van der Waals surface area contributed by atoms with Crippen molar-refractivity contribution in [3.63, 3.8) is 0 Å². The number of ether oxygens (including phenoxy) is 2. The molecule has 32 heavy (non-hydrogen) atoms. The van der Waals surface area contributed by atoms with E-state index in [1.54, 1.807) is 32.7 Å². The number of anilines is 1. The van der Waals surface area contributed by atoms with E-state index in [9.17, 15) is 4.79 Å². The van der Waals surface area contributed by atoms with E-state index >= 15 is 0 Å². The van der Waals surface area contributed by atoms with Crippen LogP contribution < -0.4 is 14.8 Å². The topological polar surface area (TPSA) is 78.3 Å². The summed E-state index contributed by atoms with van der Waals surface area (Å²) in [4.78, 5) is 13.3. The smallest absolute Gasteiger partial charge is 0.242 e. The van der Waals surface area contributed by atoms with Crippen LogP contribution in [0.1, 0.15) is 10.8 Å². The van der Waals surface area contributed by atoms with E-state index in [-0.39, 0.29) is 5.91 Å². The van der Waals surface area contributed by atoms with Crippen molar-refractivity contribution >= 4 is 23.4 Å². The van der Waals surface area contributed by atoms with Gasteiger partial charge in [0.1, 0.15) is 23.1 Å². The molecule has 0 fully saturated rings. The molecule has 1 N–H and O–H groups in total. The number of nitrogens with zero attached hydrogens (tertiary/aromatic N) is 3.